The van der Waals surface area contributed by atoms with Crippen molar-refractivity contribution in [2.24, 2.45) is 0 Å². The summed E-state index contributed by atoms with van der Waals surface area (Å²) in [6.45, 7) is 2.86. The lowest BCUT2D eigenvalue weighted by molar-refractivity contribution is 0.587. The van der Waals surface area contributed by atoms with Crippen molar-refractivity contribution in [1.29, 1.82) is 0 Å². The van der Waals surface area contributed by atoms with E-state index in [1.54, 1.807) is 6.07 Å². The summed E-state index contributed by atoms with van der Waals surface area (Å²) in [6.07, 6.45) is 1.88. The van der Waals surface area contributed by atoms with Crippen LogP contribution in [0.25, 0.3) is 0 Å². The Morgan fingerprint density at radius 1 is 1.10 bits per heavy atom. The van der Waals surface area contributed by atoms with E-state index in [0.29, 0.717) is 16.8 Å². The van der Waals surface area contributed by atoms with Crippen LogP contribution in [-0.4, -0.2) is 22.8 Å². The Balaban J connectivity index is 2.15. The lowest BCUT2D eigenvalue weighted by Gasteiger charge is -2.10. The van der Waals surface area contributed by atoms with E-state index in [1.165, 1.54) is 17.8 Å². The van der Waals surface area contributed by atoms with Crippen molar-refractivity contribution >= 4 is 23.4 Å². The highest BCUT2D eigenvalue weighted by Gasteiger charge is 2.06. The third kappa shape index (κ3) is 4.29. The summed E-state index contributed by atoms with van der Waals surface area (Å²) < 4.78 is 26.7. The molecular formula is C14H16F2N4S. The zero-order chi connectivity index (χ0) is 15.2. The molecule has 0 fully saturated rings. The van der Waals surface area contributed by atoms with Gasteiger partial charge in [-0.25, -0.2) is 18.7 Å². The Labute approximate surface area is 126 Å². The van der Waals surface area contributed by atoms with E-state index in [9.17, 15) is 8.78 Å². The van der Waals surface area contributed by atoms with Gasteiger partial charge in [0.2, 0.25) is 0 Å². The minimum absolute atomic E-state index is 0.153. The summed E-state index contributed by atoms with van der Waals surface area (Å²) in [5.41, 5.74) is 0.254. The minimum Gasteiger partial charge on any atom is -0.370 e. The third-order valence-corrected chi connectivity index (χ3v) is 3.26. The molecule has 1 aromatic carbocycles. The highest BCUT2D eigenvalue weighted by Crippen LogP contribution is 2.18. The molecule has 0 aliphatic rings. The van der Waals surface area contributed by atoms with Crippen molar-refractivity contribution in [2.75, 3.05) is 23.4 Å². The zero-order valence-corrected chi connectivity index (χ0v) is 12.6. The molecule has 21 heavy (non-hydrogen) atoms. The van der Waals surface area contributed by atoms with Crippen LogP contribution in [0.4, 0.5) is 20.4 Å². The number of benzene rings is 1. The summed E-state index contributed by atoms with van der Waals surface area (Å²) >= 11 is 1.41. The van der Waals surface area contributed by atoms with Gasteiger partial charge in [0.25, 0.3) is 0 Å². The second-order valence-corrected chi connectivity index (χ2v) is 5.02. The Bertz CT molecular complexity index is 622. The van der Waals surface area contributed by atoms with Gasteiger partial charge in [-0.05, 0) is 31.4 Å². The third-order valence-electron chi connectivity index (χ3n) is 2.71. The molecule has 0 atom stereocenters. The van der Waals surface area contributed by atoms with Crippen LogP contribution >= 0.6 is 11.8 Å². The molecule has 1 aromatic heterocycles. The number of hydrogen-bond donors (Lipinski definition) is 2. The molecule has 2 rings (SSSR count). The summed E-state index contributed by atoms with van der Waals surface area (Å²) in [7, 11) is 0. The van der Waals surface area contributed by atoms with Crippen LogP contribution < -0.4 is 10.6 Å². The van der Waals surface area contributed by atoms with Gasteiger partial charge in [0.05, 0.1) is 0 Å². The number of nitrogens with zero attached hydrogens (tertiary/aromatic N) is 2. The van der Waals surface area contributed by atoms with Crippen LogP contribution in [0.3, 0.4) is 0 Å². The van der Waals surface area contributed by atoms with Gasteiger partial charge in [-0.1, -0.05) is 11.8 Å². The maximum absolute atomic E-state index is 13.6. The number of halogens is 2. The molecule has 0 unspecified atom stereocenters. The number of hydrogen-bond acceptors (Lipinski definition) is 5. The van der Waals surface area contributed by atoms with E-state index in [1.807, 2.05) is 13.2 Å². The Morgan fingerprint density at radius 3 is 2.48 bits per heavy atom. The molecule has 112 valence electrons. The average molecular weight is 310 g/mol. The van der Waals surface area contributed by atoms with Crippen LogP contribution in [-0.2, 0) is 6.54 Å². The summed E-state index contributed by atoms with van der Waals surface area (Å²) in [5, 5.41) is 6.70. The summed E-state index contributed by atoms with van der Waals surface area (Å²) in [4.78, 5) is 8.58. The van der Waals surface area contributed by atoms with Crippen molar-refractivity contribution in [3.63, 3.8) is 0 Å². The van der Waals surface area contributed by atoms with Crippen molar-refractivity contribution in [2.45, 2.75) is 18.6 Å². The Hall–Kier alpha value is -1.89. The number of anilines is 2. The van der Waals surface area contributed by atoms with E-state index >= 15 is 0 Å². The first-order valence-electron chi connectivity index (χ1n) is 6.47. The Morgan fingerprint density at radius 2 is 1.81 bits per heavy atom. The maximum Gasteiger partial charge on any atom is 0.191 e. The SMILES string of the molecule is CCNc1cc(NCc2cc(F)ccc2F)nc(SC)n1. The van der Waals surface area contributed by atoms with E-state index < -0.39 is 11.6 Å². The maximum atomic E-state index is 13.6. The van der Waals surface area contributed by atoms with Crippen LogP contribution in [0.5, 0.6) is 0 Å². The highest BCUT2D eigenvalue weighted by molar-refractivity contribution is 7.98. The van der Waals surface area contributed by atoms with Gasteiger partial charge in [-0.3, -0.25) is 0 Å². The van der Waals surface area contributed by atoms with Crippen LogP contribution in [0.2, 0.25) is 0 Å². The number of rotatable bonds is 6. The van der Waals surface area contributed by atoms with Gasteiger partial charge in [0, 0.05) is 24.7 Å². The topological polar surface area (TPSA) is 49.8 Å². The lowest BCUT2D eigenvalue weighted by atomic mass is 10.2. The number of aromatic nitrogens is 2. The standard InChI is InChI=1S/C14H16F2N4S/c1-3-17-12-7-13(20-14(19-12)21-2)18-8-9-6-10(15)4-5-11(9)16/h4-7H,3,8H2,1-2H3,(H2,17,18,19,20). The fourth-order valence-electron chi connectivity index (χ4n) is 1.74. The van der Waals surface area contributed by atoms with Crippen molar-refractivity contribution in [3.05, 3.63) is 41.5 Å². The van der Waals surface area contributed by atoms with E-state index in [4.69, 9.17) is 0 Å². The molecule has 7 heteroatoms. The predicted octanol–water partition coefficient (Wildman–Crippen LogP) is 3.52. The molecule has 0 amide bonds. The quantitative estimate of drug-likeness (QED) is 0.631. The molecule has 0 aliphatic heterocycles. The normalized spacial score (nSPS) is 10.5. The average Bonchev–Trinajstić information content (AvgIpc) is 2.48. The molecule has 0 saturated heterocycles. The molecule has 2 N–H and O–H groups in total. The van der Waals surface area contributed by atoms with Crippen molar-refractivity contribution in [3.8, 4) is 0 Å². The Kier molecular flexibility index (Phi) is 5.32. The molecule has 4 nitrogen and oxygen atoms in total. The first kappa shape index (κ1) is 15.5. The van der Waals surface area contributed by atoms with Gasteiger partial charge in [0.15, 0.2) is 5.16 Å². The molecule has 0 radical (unpaired) electrons. The van der Waals surface area contributed by atoms with Gasteiger partial charge in [-0.15, -0.1) is 0 Å². The largest absolute Gasteiger partial charge is 0.370 e. The summed E-state index contributed by atoms with van der Waals surface area (Å²) in [6, 6.07) is 5.12. The molecule has 0 bridgehead atoms. The lowest BCUT2D eigenvalue weighted by Crippen LogP contribution is -2.07. The highest BCUT2D eigenvalue weighted by atomic mass is 32.2. The fraction of sp³-hybridized carbons (Fsp3) is 0.286. The van der Waals surface area contributed by atoms with E-state index in [-0.39, 0.29) is 12.1 Å². The van der Waals surface area contributed by atoms with Gasteiger partial charge in [-0.2, -0.15) is 0 Å². The smallest absolute Gasteiger partial charge is 0.191 e. The van der Waals surface area contributed by atoms with E-state index in [0.717, 1.165) is 18.7 Å². The van der Waals surface area contributed by atoms with Crippen LogP contribution in [0, 0.1) is 11.6 Å². The zero-order valence-electron chi connectivity index (χ0n) is 11.8. The number of nitrogens with one attached hydrogen (secondary N) is 2. The second-order valence-electron chi connectivity index (χ2n) is 4.24. The minimum atomic E-state index is -0.464. The fourth-order valence-corrected chi connectivity index (χ4v) is 2.12. The molecule has 1 heterocycles. The van der Waals surface area contributed by atoms with E-state index in [2.05, 4.69) is 20.6 Å². The van der Waals surface area contributed by atoms with Gasteiger partial charge >= 0.3 is 0 Å². The molecule has 2 aromatic rings. The van der Waals surface area contributed by atoms with Crippen molar-refractivity contribution < 1.29 is 8.78 Å². The van der Waals surface area contributed by atoms with Gasteiger partial charge < -0.3 is 10.6 Å². The molecular weight excluding hydrogens is 294 g/mol. The monoisotopic (exact) mass is 310 g/mol. The number of thioether (sulfide) groups is 1. The molecule has 0 saturated carbocycles. The molecule has 0 aliphatic carbocycles. The first-order chi connectivity index (χ1) is 10.1. The van der Waals surface area contributed by atoms with Crippen LogP contribution in [0.15, 0.2) is 29.4 Å². The molecule has 0 spiro atoms. The van der Waals surface area contributed by atoms with Crippen molar-refractivity contribution in [1.82, 2.24) is 9.97 Å². The predicted molar refractivity (Wildman–Crippen MR) is 81.7 cm³/mol. The first-order valence-corrected chi connectivity index (χ1v) is 7.69. The second kappa shape index (κ2) is 7.21. The summed E-state index contributed by atoms with van der Waals surface area (Å²) in [5.74, 6) is 0.344. The van der Waals surface area contributed by atoms with Crippen LogP contribution in [0.1, 0.15) is 12.5 Å². The van der Waals surface area contributed by atoms with Gasteiger partial charge in [0.1, 0.15) is 23.3 Å².